The van der Waals surface area contributed by atoms with E-state index < -0.39 is 9.15 Å². The van der Waals surface area contributed by atoms with E-state index in [4.69, 9.17) is 13.0 Å². The lowest BCUT2D eigenvalue weighted by Crippen LogP contribution is -1.78. The highest BCUT2D eigenvalue weighted by molar-refractivity contribution is 8.61. The van der Waals surface area contributed by atoms with Crippen molar-refractivity contribution in [2.24, 2.45) is 0 Å². The fraction of sp³-hybridized carbons (Fsp3) is 0. The first-order chi connectivity index (χ1) is 2.00. The Balaban J connectivity index is 0. The highest BCUT2D eigenvalue weighted by Crippen LogP contribution is 1.81. The van der Waals surface area contributed by atoms with Crippen molar-refractivity contribution in [3.8, 4) is 0 Å². The van der Waals surface area contributed by atoms with E-state index in [0.29, 0.717) is 0 Å². The maximum absolute atomic E-state index is 9.05. The minimum Gasteiger partial charge on any atom is -0.277 e. The molecule has 3 nitrogen and oxygen atoms in total. The molecule has 0 aliphatic heterocycles. The first-order valence-corrected chi connectivity index (χ1v) is 3.19. The van der Waals surface area contributed by atoms with Crippen LogP contribution in [-0.2, 0) is 9.15 Å². The zero-order chi connectivity index (χ0) is 4.50. The zero-order valence-electron chi connectivity index (χ0n) is 2.53. The first-order valence-electron chi connectivity index (χ1n) is 0.698. The van der Waals surface area contributed by atoms with Gasteiger partial charge in [-0.2, -0.15) is 8.42 Å². The minimum atomic E-state index is -3.97. The molecule has 0 aliphatic rings. The molecule has 0 rings (SSSR count). The number of hydrogen-bond donors (Lipinski definition) is 2. The standard InChI is InChI=1S/H2O3S2.S/c1-5(2,3)4;/h(H2,1,2,3,4);. The van der Waals surface area contributed by atoms with Crippen molar-refractivity contribution in [2.75, 3.05) is 0 Å². The van der Waals surface area contributed by atoms with E-state index in [-0.39, 0.29) is 13.5 Å². The Kier molecular flexibility index (Phi) is 4.45. The van der Waals surface area contributed by atoms with Gasteiger partial charge in [0.1, 0.15) is 0 Å². The van der Waals surface area contributed by atoms with E-state index >= 15 is 0 Å². The predicted molar refractivity (Wildman–Crippen MR) is 28.1 cm³/mol. The molecule has 0 bridgehead atoms. The topological polar surface area (TPSA) is 54.4 Å². The van der Waals surface area contributed by atoms with Gasteiger partial charge in [0.2, 0.25) is 0 Å². The summed E-state index contributed by atoms with van der Waals surface area (Å²) in [5.74, 6) is 0. The van der Waals surface area contributed by atoms with Crippen molar-refractivity contribution in [1.82, 2.24) is 0 Å². The van der Waals surface area contributed by atoms with Gasteiger partial charge in [0.15, 0.2) is 0 Å². The second-order valence-corrected chi connectivity index (χ2v) is 2.73. The maximum atomic E-state index is 9.05. The van der Waals surface area contributed by atoms with Crippen LogP contribution in [0.3, 0.4) is 0 Å². The SMILES string of the molecule is O=S(=O)(O)S.[S]. The summed E-state index contributed by atoms with van der Waals surface area (Å²) < 4.78 is 25.5. The van der Waals surface area contributed by atoms with Gasteiger partial charge in [0, 0.05) is 13.5 Å². The van der Waals surface area contributed by atoms with Crippen molar-refractivity contribution in [1.29, 1.82) is 0 Å². The normalized spacial score (nSPS) is 9.67. The van der Waals surface area contributed by atoms with Crippen LogP contribution in [0.2, 0.25) is 0 Å². The molecule has 0 aliphatic carbocycles. The van der Waals surface area contributed by atoms with Crippen LogP contribution < -0.4 is 0 Å². The average Bonchev–Trinajstić information content (AvgIpc) is 0.722. The third-order valence-electron chi connectivity index (χ3n) is 0. The molecule has 6 heavy (non-hydrogen) atoms. The largest absolute Gasteiger partial charge is 0.316 e. The highest BCUT2D eigenvalue weighted by atomic mass is 33.1. The van der Waals surface area contributed by atoms with Crippen LogP contribution in [0.4, 0.5) is 0 Å². The molecule has 2 radical (unpaired) electrons. The lowest BCUT2D eigenvalue weighted by atomic mass is 15.9. The fourth-order valence-electron chi connectivity index (χ4n) is 0. The van der Waals surface area contributed by atoms with Crippen molar-refractivity contribution in [2.45, 2.75) is 0 Å². The number of hydrogen-bond acceptors (Lipinski definition) is 2. The first kappa shape index (κ1) is 9.79. The summed E-state index contributed by atoms with van der Waals surface area (Å²) in [5, 5.41) is 0. The van der Waals surface area contributed by atoms with E-state index in [2.05, 4.69) is 11.7 Å². The molecule has 1 N–H and O–H groups in total. The van der Waals surface area contributed by atoms with Crippen LogP contribution in [0.15, 0.2) is 0 Å². The van der Waals surface area contributed by atoms with Crippen LogP contribution in [0, 0.1) is 0 Å². The van der Waals surface area contributed by atoms with E-state index in [1.165, 1.54) is 0 Å². The summed E-state index contributed by atoms with van der Waals surface area (Å²) in [6.07, 6.45) is 0. The number of thiol groups is 1. The maximum Gasteiger partial charge on any atom is 0.316 e. The van der Waals surface area contributed by atoms with Crippen molar-refractivity contribution >= 4 is 34.3 Å². The molecular formula is H2O3S3. The molecular weight excluding hydrogens is 144 g/mol. The molecule has 0 aromatic heterocycles. The molecule has 0 heterocycles. The fourth-order valence-corrected chi connectivity index (χ4v) is 0. The molecule has 6 heteroatoms. The molecule has 0 unspecified atom stereocenters. The summed E-state index contributed by atoms with van der Waals surface area (Å²) in [6, 6.07) is 0. The van der Waals surface area contributed by atoms with Crippen molar-refractivity contribution < 1.29 is 13.0 Å². The van der Waals surface area contributed by atoms with Gasteiger partial charge in [0.05, 0.1) is 0 Å². The third-order valence-corrected chi connectivity index (χ3v) is 0. The highest BCUT2D eigenvalue weighted by Gasteiger charge is 1.83. The molecule has 38 valence electrons. The Morgan fingerprint density at radius 3 is 1.50 bits per heavy atom. The van der Waals surface area contributed by atoms with Gasteiger partial charge in [0.25, 0.3) is 0 Å². The van der Waals surface area contributed by atoms with Gasteiger partial charge in [-0.15, -0.1) is 0 Å². The number of rotatable bonds is 0. The van der Waals surface area contributed by atoms with Crippen molar-refractivity contribution in [3.63, 3.8) is 0 Å². The Morgan fingerprint density at radius 1 is 1.50 bits per heavy atom. The van der Waals surface area contributed by atoms with Gasteiger partial charge in [-0.05, 0) is 11.7 Å². The Labute approximate surface area is 47.8 Å². The van der Waals surface area contributed by atoms with Crippen LogP contribution in [-0.4, -0.2) is 13.0 Å². The molecule has 0 amide bonds. The quantitative estimate of drug-likeness (QED) is 0.295. The molecule has 0 aromatic rings. The molecule has 0 saturated heterocycles. The Bertz CT molecular complexity index is 89.2. The average molecular weight is 146 g/mol. The molecule has 0 aromatic carbocycles. The smallest absolute Gasteiger partial charge is 0.277 e. The Morgan fingerprint density at radius 2 is 1.50 bits per heavy atom. The molecule has 0 atom stereocenters. The van der Waals surface area contributed by atoms with Gasteiger partial charge >= 0.3 is 9.15 Å². The van der Waals surface area contributed by atoms with Crippen LogP contribution in [0.25, 0.3) is 0 Å². The van der Waals surface area contributed by atoms with Crippen LogP contribution in [0.5, 0.6) is 0 Å². The van der Waals surface area contributed by atoms with E-state index in [1.807, 2.05) is 0 Å². The lowest BCUT2D eigenvalue weighted by molar-refractivity contribution is 0.503. The molecule has 0 spiro atoms. The summed E-state index contributed by atoms with van der Waals surface area (Å²) in [6.45, 7) is 0. The van der Waals surface area contributed by atoms with Crippen LogP contribution >= 0.6 is 25.2 Å². The van der Waals surface area contributed by atoms with E-state index in [9.17, 15) is 0 Å². The summed E-state index contributed by atoms with van der Waals surface area (Å²) >= 11 is 2.65. The lowest BCUT2D eigenvalue weighted by Gasteiger charge is -1.67. The van der Waals surface area contributed by atoms with Gasteiger partial charge in [-0.1, -0.05) is 0 Å². The van der Waals surface area contributed by atoms with Crippen LogP contribution in [0.1, 0.15) is 0 Å². The monoisotopic (exact) mass is 146 g/mol. The zero-order valence-corrected chi connectivity index (χ0v) is 5.05. The van der Waals surface area contributed by atoms with Gasteiger partial charge in [-0.25, -0.2) is 0 Å². The second kappa shape index (κ2) is 2.73. The predicted octanol–water partition coefficient (Wildman–Crippen LogP) is 0.367. The van der Waals surface area contributed by atoms with Gasteiger partial charge < -0.3 is 0 Å². The van der Waals surface area contributed by atoms with E-state index in [0.717, 1.165) is 0 Å². The summed E-state index contributed by atoms with van der Waals surface area (Å²) in [4.78, 5) is 0. The summed E-state index contributed by atoms with van der Waals surface area (Å²) in [7, 11) is -3.97. The summed E-state index contributed by atoms with van der Waals surface area (Å²) in [5.41, 5.74) is 0. The third kappa shape index (κ3) is 161. The van der Waals surface area contributed by atoms with Gasteiger partial charge in [-0.3, -0.25) is 4.55 Å². The molecule has 0 fully saturated rings. The minimum absolute atomic E-state index is 0. The second-order valence-electron chi connectivity index (χ2n) is 0.448. The van der Waals surface area contributed by atoms with E-state index in [1.54, 1.807) is 0 Å². The van der Waals surface area contributed by atoms with Crippen molar-refractivity contribution in [3.05, 3.63) is 0 Å². The Hall–Kier alpha value is 0.610. The molecule has 0 saturated carbocycles.